The molecule has 2 atom stereocenters. The molecule has 0 spiro atoms. The Morgan fingerprint density at radius 2 is 2.19 bits per heavy atom. The van der Waals surface area contributed by atoms with E-state index >= 15 is 0 Å². The molecule has 0 bridgehead atoms. The maximum absolute atomic E-state index is 10.8. The summed E-state index contributed by atoms with van der Waals surface area (Å²) in [7, 11) is 0. The quantitative estimate of drug-likeness (QED) is 0.778. The van der Waals surface area contributed by atoms with Crippen molar-refractivity contribution in [1.29, 1.82) is 0 Å². The average Bonchev–Trinajstić information content (AvgIpc) is 2.53. The Labute approximate surface area is 98.8 Å². The summed E-state index contributed by atoms with van der Waals surface area (Å²) in [6, 6.07) is 0. The van der Waals surface area contributed by atoms with Crippen molar-refractivity contribution in [1.82, 2.24) is 4.90 Å². The molecule has 0 aliphatic carbocycles. The van der Waals surface area contributed by atoms with Crippen LogP contribution in [0.1, 0.15) is 39.0 Å². The van der Waals surface area contributed by atoms with E-state index in [0.29, 0.717) is 5.92 Å². The van der Waals surface area contributed by atoms with Gasteiger partial charge in [-0.25, -0.2) is 0 Å². The van der Waals surface area contributed by atoms with E-state index in [2.05, 4.69) is 11.8 Å². The van der Waals surface area contributed by atoms with Crippen LogP contribution in [0.4, 0.5) is 0 Å². The highest BCUT2D eigenvalue weighted by Gasteiger charge is 2.38. The van der Waals surface area contributed by atoms with E-state index in [-0.39, 0.29) is 0 Å². The van der Waals surface area contributed by atoms with Gasteiger partial charge in [0, 0.05) is 19.1 Å². The van der Waals surface area contributed by atoms with Crippen LogP contribution in [0.5, 0.6) is 0 Å². The van der Waals surface area contributed by atoms with Crippen LogP contribution in [0.2, 0.25) is 0 Å². The van der Waals surface area contributed by atoms with Crippen molar-refractivity contribution < 1.29 is 9.84 Å². The van der Waals surface area contributed by atoms with Gasteiger partial charge in [0.05, 0.1) is 12.2 Å². The van der Waals surface area contributed by atoms with Gasteiger partial charge < -0.3 is 14.7 Å². The van der Waals surface area contributed by atoms with Crippen molar-refractivity contribution in [2.75, 3.05) is 32.8 Å². The summed E-state index contributed by atoms with van der Waals surface area (Å²) < 4.78 is 5.52. The molecule has 2 aliphatic heterocycles. The highest BCUT2D eigenvalue weighted by Crippen LogP contribution is 2.34. The Balaban J connectivity index is 1.94. The monoisotopic (exact) mass is 227 g/mol. The van der Waals surface area contributed by atoms with Gasteiger partial charge in [0.25, 0.3) is 0 Å². The van der Waals surface area contributed by atoms with Crippen molar-refractivity contribution in [3.05, 3.63) is 0 Å². The van der Waals surface area contributed by atoms with Gasteiger partial charge in [0.2, 0.25) is 0 Å². The zero-order valence-electron chi connectivity index (χ0n) is 10.5. The summed E-state index contributed by atoms with van der Waals surface area (Å²) in [5.41, 5.74) is -0.454. The second-order valence-electron chi connectivity index (χ2n) is 5.31. The third-order valence-electron chi connectivity index (χ3n) is 4.31. The normalized spacial score (nSPS) is 38.2. The lowest BCUT2D eigenvalue weighted by Crippen LogP contribution is -2.43. The van der Waals surface area contributed by atoms with E-state index in [1.165, 1.54) is 0 Å². The maximum Gasteiger partial charge on any atom is 0.0710 e. The summed E-state index contributed by atoms with van der Waals surface area (Å²) in [5.74, 6) is 0.373. The number of likely N-dealkylation sites (tertiary alicyclic amines) is 1. The summed E-state index contributed by atoms with van der Waals surface area (Å²) >= 11 is 0. The Kier molecular flexibility index (Phi) is 4.22. The molecule has 0 aromatic carbocycles. The van der Waals surface area contributed by atoms with Crippen LogP contribution in [-0.4, -0.2) is 48.5 Å². The van der Waals surface area contributed by atoms with E-state index in [1.54, 1.807) is 0 Å². The lowest BCUT2D eigenvalue weighted by molar-refractivity contribution is -0.0864. The lowest BCUT2D eigenvalue weighted by Gasteiger charge is -2.37. The number of aliphatic hydroxyl groups is 1. The van der Waals surface area contributed by atoms with E-state index in [0.717, 1.165) is 65.0 Å². The van der Waals surface area contributed by atoms with E-state index in [1.807, 2.05) is 0 Å². The van der Waals surface area contributed by atoms with Crippen LogP contribution >= 0.6 is 0 Å². The fourth-order valence-electron chi connectivity index (χ4n) is 3.09. The van der Waals surface area contributed by atoms with Gasteiger partial charge in [0.15, 0.2) is 0 Å². The molecule has 2 rings (SSSR count). The minimum Gasteiger partial charge on any atom is -0.389 e. The Bertz CT molecular complexity index is 216. The largest absolute Gasteiger partial charge is 0.389 e. The van der Waals surface area contributed by atoms with Crippen LogP contribution in [-0.2, 0) is 4.74 Å². The Morgan fingerprint density at radius 1 is 1.31 bits per heavy atom. The molecule has 0 amide bonds. The molecule has 2 unspecified atom stereocenters. The maximum atomic E-state index is 10.8. The molecule has 2 heterocycles. The van der Waals surface area contributed by atoms with Crippen molar-refractivity contribution in [3.8, 4) is 0 Å². The SMILES string of the molecule is CCN1CCCC(O)(C2CCCOC2)CC1. The molecule has 94 valence electrons. The third-order valence-corrected chi connectivity index (χ3v) is 4.31. The van der Waals surface area contributed by atoms with Crippen molar-refractivity contribution in [3.63, 3.8) is 0 Å². The van der Waals surface area contributed by atoms with Crippen LogP contribution < -0.4 is 0 Å². The molecule has 2 fully saturated rings. The minimum absolute atomic E-state index is 0.373. The molecular formula is C13H25NO2. The minimum atomic E-state index is -0.454. The summed E-state index contributed by atoms with van der Waals surface area (Å²) in [5, 5.41) is 10.8. The summed E-state index contributed by atoms with van der Waals surface area (Å²) in [4.78, 5) is 2.45. The van der Waals surface area contributed by atoms with Crippen LogP contribution in [0, 0.1) is 5.92 Å². The van der Waals surface area contributed by atoms with Crippen molar-refractivity contribution >= 4 is 0 Å². The molecule has 3 nitrogen and oxygen atoms in total. The predicted molar refractivity (Wildman–Crippen MR) is 64.5 cm³/mol. The van der Waals surface area contributed by atoms with Crippen LogP contribution in [0.3, 0.4) is 0 Å². The summed E-state index contributed by atoms with van der Waals surface area (Å²) in [6.45, 7) is 7.15. The number of ether oxygens (including phenoxy) is 1. The van der Waals surface area contributed by atoms with Gasteiger partial charge in [-0.2, -0.15) is 0 Å². The molecule has 0 saturated carbocycles. The van der Waals surface area contributed by atoms with Crippen molar-refractivity contribution in [2.24, 2.45) is 5.92 Å². The van der Waals surface area contributed by atoms with Gasteiger partial charge in [-0.05, 0) is 45.2 Å². The third kappa shape index (κ3) is 2.76. The Hall–Kier alpha value is -0.120. The first-order valence-corrected chi connectivity index (χ1v) is 6.77. The second-order valence-corrected chi connectivity index (χ2v) is 5.31. The molecule has 16 heavy (non-hydrogen) atoms. The lowest BCUT2D eigenvalue weighted by atomic mass is 9.78. The molecule has 0 aromatic heterocycles. The highest BCUT2D eigenvalue weighted by atomic mass is 16.5. The molecule has 2 saturated heterocycles. The molecule has 3 heteroatoms. The topological polar surface area (TPSA) is 32.7 Å². The first kappa shape index (κ1) is 12.3. The van der Waals surface area contributed by atoms with E-state index in [9.17, 15) is 5.11 Å². The predicted octanol–water partition coefficient (Wildman–Crippen LogP) is 1.65. The zero-order valence-corrected chi connectivity index (χ0v) is 10.5. The smallest absolute Gasteiger partial charge is 0.0710 e. The fourth-order valence-corrected chi connectivity index (χ4v) is 3.09. The van der Waals surface area contributed by atoms with Crippen LogP contribution in [0.15, 0.2) is 0 Å². The van der Waals surface area contributed by atoms with Gasteiger partial charge in [0.1, 0.15) is 0 Å². The molecule has 1 N–H and O–H groups in total. The van der Waals surface area contributed by atoms with Crippen molar-refractivity contribution in [2.45, 2.75) is 44.6 Å². The highest BCUT2D eigenvalue weighted by molar-refractivity contribution is 4.90. The van der Waals surface area contributed by atoms with Gasteiger partial charge >= 0.3 is 0 Å². The van der Waals surface area contributed by atoms with E-state index < -0.39 is 5.60 Å². The first-order chi connectivity index (χ1) is 7.74. The summed E-state index contributed by atoms with van der Waals surface area (Å²) in [6.07, 6.45) is 5.26. The van der Waals surface area contributed by atoms with Gasteiger partial charge in [-0.15, -0.1) is 0 Å². The first-order valence-electron chi connectivity index (χ1n) is 6.77. The molecule has 0 aromatic rings. The standard InChI is InChI=1S/C13H25NO2/c1-2-14-8-4-6-13(15,7-9-14)12-5-3-10-16-11-12/h12,15H,2-11H2,1H3. The number of hydrogen-bond acceptors (Lipinski definition) is 3. The number of hydrogen-bond donors (Lipinski definition) is 1. The molecule has 0 radical (unpaired) electrons. The van der Waals surface area contributed by atoms with E-state index in [4.69, 9.17) is 4.74 Å². The second kappa shape index (κ2) is 5.48. The average molecular weight is 227 g/mol. The molecular weight excluding hydrogens is 202 g/mol. The Morgan fingerprint density at radius 3 is 2.88 bits per heavy atom. The van der Waals surface area contributed by atoms with Gasteiger partial charge in [-0.3, -0.25) is 0 Å². The molecule has 2 aliphatic rings. The fraction of sp³-hybridized carbons (Fsp3) is 1.00. The van der Waals surface area contributed by atoms with Gasteiger partial charge in [-0.1, -0.05) is 6.92 Å². The zero-order chi connectivity index (χ0) is 11.4. The number of nitrogens with zero attached hydrogens (tertiary/aromatic N) is 1. The number of rotatable bonds is 2. The van der Waals surface area contributed by atoms with Crippen LogP contribution in [0.25, 0.3) is 0 Å².